The van der Waals surface area contributed by atoms with Crippen molar-refractivity contribution in [2.45, 2.75) is 32.2 Å². The lowest BCUT2D eigenvalue weighted by Gasteiger charge is -2.32. The van der Waals surface area contributed by atoms with E-state index in [1.165, 1.54) is 12.1 Å². The van der Waals surface area contributed by atoms with Gasteiger partial charge in [-0.15, -0.1) is 0 Å². The molecule has 1 fully saturated rings. The first-order valence-electron chi connectivity index (χ1n) is 6.99. The van der Waals surface area contributed by atoms with E-state index in [1.807, 2.05) is 4.90 Å². The van der Waals surface area contributed by atoms with Crippen LogP contribution in [0, 0.1) is 5.82 Å². The Hall–Kier alpha value is -1.42. The third kappa shape index (κ3) is 3.77. The molecule has 0 aliphatic carbocycles. The molecular weight excluding hydrogens is 243 g/mol. The Labute approximate surface area is 113 Å². The molecule has 0 saturated carbocycles. The van der Waals surface area contributed by atoms with E-state index < -0.39 is 0 Å². The molecule has 0 atom stereocenters. The van der Waals surface area contributed by atoms with Gasteiger partial charge < -0.3 is 10.2 Å². The smallest absolute Gasteiger partial charge is 0.253 e. The summed E-state index contributed by atoms with van der Waals surface area (Å²) < 4.78 is 13.1. The number of rotatable bonds is 4. The number of amides is 1. The molecule has 4 heteroatoms. The van der Waals surface area contributed by atoms with Crippen LogP contribution in [0.25, 0.3) is 0 Å². The molecule has 0 unspecified atom stereocenters. The highest BCUT2D eigenvalue weighted by molar-refractivity contribution is 5.94. The molecule has 1 aliphatic rings. The minimum atomic E-state index is -0.356. The number of piperidine rings is 1. The first-order valence-corrected chi connectivity index (χ1v) is 6.99. The Morgan fingerprint density at radius 2 is 2.16 bits per heavy atom. The van der Waals surface area contributed by atoms with Gasteiger partial charge in [0.15, 0.2) is 0 Å². The fourth-order valence-corrected chi connectivity index (χ4v) is 2.44. The van der Waals surface area contributed by atoms with Crippen molar-refractivity contribution >= 4 is 5.91 Å². The third-order valence-corrected chi connectivity index (χ3v) is 3.54. The van der Waals surface area contributed by atoms with Crippen LogP contribution >= 0.6 is 0 Å². The minimum Gasteiger partial charge on any atom is -0.339 e. The number of carbonyl (C=O) groups is 1. The lowest BCUT2D eigenvalue weighted by Crippen LogP contribution is -2.45. The van der Waals surface area contributed by atoms with E-state index in [-0.39, 0.29) is 11.7 Å². The van der Waals surface area contributed by atoms with Gasteiger partial charge in [0, 0.05) is 24.7 Å². The first-order chi connectivity index (χ1) is 9.20. The van der Waals surface area contributed by atoms with Crippen molar-refractivity contribution in [1.29, 1.82) is 0 Å². The number of carbonyl (C=O) groups excluding carboxylic acids is 1. The lowest BCUT2D eigenvalue weighted by atomic mass is 10.0. The topological polar surface area (TPSA) is 32.3 Å². The molecule has 19 heavy (non-hydrogen) atoms. The fraction of sp³-hybridized carbons (Fsp3) is 0.533. The van der Waals surface area contributed by atoms with Gasteiger partial charge in [-0.1, -0.05) is 13.0 Å². The van der Waals surface area contributed by atoms with Gasteiger partial charge in [0.1, 0.15) is 5.82 Å². The Balaban J connectivity index is 1.89. The molecule has 1 N–H and O–H groups in total. The second-order valence-corrected chi connectivity index (χ2v) is 5.03. The van der Waals surface area contributed by atoms with Crippen LogP contribution < -0.4 is 5.32 Å². The minimum absolute atomic E-state index is 0.0616. The first kappa shape index (κ1) is 14.0. The Kier molecular flexibility index (Phi) is 4.91. The zero-order valence-electron chi connectivity index (χ0n) is 11.4. The third-order valence-electron chi connectivity index (χ3n) is 3.54. The Bertz CT molecular complexity index is 428. The van der Waals surface area contributed by atoms with Crippen molar-refractivity contribution in [3.63, 3.8) is 0 Å². The SMILES string of the molecule is CCCNC1CCN(C(=O)c2cccc(F)c2)CC1. The number of hydrogen-bond donors (Lipinski definition) is 1. The van der Waals surface area contributed by atoms with Crippen molar-refractivity contribution in [2.24, 2.45) is 0 Å². The van der Waals surface area contributed by atoms with Gasteiger partial charge in [-0.25, -0.2) is 4.39 Å². The molecule has 1 amide bonds. The fourth-order valence-electron chi connectivity index (χ4n) is 2.44. The summed E-state index contributed by atoms with van der Waals surface area (Å²) in [6.07, 6.45) is 3.07. The number of nitrogens with zero attached hydrogens (tertiary/aromatic N) is 1. The van der Waals surface area contributed by atoms with Crippen LogP contribution in [-0.4, -0.2) is 36.5 Å². The molecule has 1 aromatic rings. The highest BCUT2D eigenvalue weighted by Crippen LogP contribution is 2.14. The van der Waals surface area contributed by atoms with Crippen LogP contribution in [0.15, 0.2) is 24.3 Å². The quantitative estimate of drug-likeness (QED) is 0.906. The lowest BCUT2D eigenvalue weighted by molar-refractivity contribution is 0.0705. The van der Waals surface area contributed by atoms with Crippen molar-refractivity contribution in [1.82, 2.24) is 10.2 Å². The number of nitrogens with one attached hydrogen (secondary N) is 1. The van der Waals surface area contributed by atoms with Crippen LogP contribution in [0.1, 0.15) is 36.5 Å². The number of halogens is 1. The predicted octanol–water partition coefficient (Wildman–Crippen LogP) is 2.43. The average molecular weight is 264 g/mol. The molecule has 1 saturated heterocycles. The number of benzene rings is 1. The molecule has 0 aromatic heterocycles. The van der Waals surface area contributed by atoms with Crippen LogP contribution in [0.5, 0.6) is 0 Å². The van der Waals surface area contributed by atoms with Gasteiger partial charge in [0.2, 0.25) is 0 Å². The van der Waals surface area contributed by atoms with E-state index in [1.54, 1.807) is 12.1 Å². The summed E-state index contributed by atoms with van der Waals surface area (Å²) in [5.41, 5.74) is 0.444. The molecule has 0 radical (unpaired) electrons. The average Bonchev–Trinajstić information content (AvgIpc) is 2.45. The van der Waals surface area contributed by atoms with Gasteiger partial charge in [-0.3, -0.25) is 4.79 Å². The van der Waals surface area contributed by atoms with Crippen LogP contribution in [0.2, 0.25) is 0 Å². The van der Waals surface area contributed by atoms with E-state index in [0.717, 1.165) is 38.9 Å². The largest absolute Gasteiger partial charge is 0.339 e. The summed E-state index contributed by atoms with van der Waals surface area (Å²) in [5.74, 6) is -0.418. The zero-order valence-corrected chi connectivity index (χ0v) is 11.4. The molecular formula is C15H21FN2O. The normalized spacial score (nSPS) is 16.6. The highest BCUT2D eigenvalue weighted by Gasteiger charge is 2.23. The van der Waals surface area contributed by atoms with E-state index >= 15 is 0 Å². The molecule has 2 rings (SSSR count). The predicted molar refractivity (Wildman–Crippen MR) is 73.6 cm³/mol. The molecule has 1 aromatic carbocycles. The molecule has 104 valence electrons. The molecule has 3 nitrogen and oxygen atoms in total. The summed E-state index contributed by atoms with van der Waals surface area (Å²) >= 11 is 0. The van der Waals surface area contributed by atoms with Crippen molar-refractivity contribution in [3.05, 3.63) is 35.6 Å². The maximum absolute atomic E-state index is 13.1. The highest BCUT2D eigenvalue weighted by atomic mass is 19.1. The number of likely N-dealkylation sites (tertiary alicyclic amines) is 1. The van der Waals surface area contributed by atoms with Crippen LogP contribution in [-0.2, 0) is 0 Å². The monoisotopic (exact) mass is 264 g/mol. The summed E-state index contributed by atoms with van der Waals surface area (Å²) in [6, 6.07) is 6.43. The molecule has 0 spiro atoms. The standard InChI is InChI=1S/C15H21FN2O/c1-2-8-17-14-6-9-18(10-7-14)15(19)12-4-3-5-13(16)11-12/h3-5,11,14,17H,2,6-10H2,1H3. The Morgan fingerprint density at radius 3 is 2.79 bits per heavy atom. The van der Waals surface area contributed by atoms with Gasteiger partial charge in [-0.2, -0.15) is 0 Å². The number of hydrogen-bond acceptors (Lipinski definition) is 2. The second-order valence-electron chi connectivity index (χ2n) is 5.03. The van der Waals surface area contributed by atoms with Crippen molar-refractivity contribution < 1.29 is 9.18 Å². The maximum atomic E-state index is 13.1. The summed E-state index contributed by atoms with van der Waals surface area (Å²) in [7, 11) is 0. The van der Waals surface area contributed by atoms with E-state index in [9.17, 15) is 9.18 Å². The van der Waals surface area contributed by atoms with Gasteiger partial charge in [0.25, 0.3) is 5.91 Å². The van der Waals surface area contributed by atoms with E-state index in [4.69, 9.17) is 0 Å². The zero-order chi connectivity index (χ0) is 13.7. The summed E-state index contributed by atoms with van der Waals surface area (Å²) in [5, 5.41) is 3.48. The van der Waals surface area contributed by atoms with Crippen LogP contribution in [0.4, 0.5) is 4.39 Å². The van der Waals surface area contributed by atoms with Crippen LogP contribution in [0.3, 0.4) is 0 Å². The Morgan fingerprint density at radius 1 is 1.42 bits per heavy atom. The molecule has 0 bridgehead atoms. The molecule has 1 heterocycles. The van der Waals surface area contributed by atoms with Crippen molar-refractivity contribution in [3.8, 4) is 0 Å². The van der Waals surface area contributed by atoms with Gasteiger partial charge in [-0.05, 0) is 44.0 Å². The summed E-state index contributed by atoms with van der Waals surface area (Å²) in [4.78, 5) is 14.0. The van der Waals surface area contributed by atoms with E-state index in [0.29, 0.717) is 11.6 Å². The second kappa shape index (κ2) is 6.66. The van der Waals surface area contributed by atoms with Gasteiger partial charge in [0.05, 0.1) is 0 Å². The van der Waals surface area contributed by atoms with E-state index in [2.05, 4.69) is 12.2 Å². The maximum Gasteiger partial charge on any atom is 0.253 e. The molecule has 1 aliphatic heterocycles. The van der Waals surface area contributed by atoms with Gasteiger partial charge >= 0.3 is 0 Å². The van der Waals surface area contributed by atoms with Crippen molar-refractivity contribution in [2.75, 3.05) is 19.6 Å². The summed E-state index contributed by atoms with van der Waals surface area (Å²) in [6.45, 7) is 4.67.